The van der Waals surface area contributed by atoms with Crippen LogP contribution in [0.2, 0.25) is 0 Å². The van der Waals surface area contributed by atoms with Crippen molar-refractivity contribution < 1.29 is 33.6 Å². The zero-order valence-electron chi connectivity index (χ0n) is 34.6. The van der Waals surface area contributed by atoms with Crippen LogP contribution in [0.5, 0.6) is 0 Å². The van der Waals surface area contributed by atoms with E-state index in [9.17, 15) is 24.0 Å². The maximum Gasteiger partial charge on any atom is 0.331 e. The minimum absolute atomic E-state index is 0.0456. The standard InChI is InChI=1S/C50H42N4O7/c1-29-11-7-8-12-39(29)50(59)37-19-23-46-43(28-37)42-27-36(18-22-45(42)52(46)6)49(58)34-15-20-38(21-16-34)53-47-14-10-9-13-40(47)41-26-35(17-24-48(41)53)44(51-60-32(4)56)25-30(2)54(31(3)55)61-33(5)57/h7-24,26-28,30H,25H2,1-6H3/b51-44+. The molecule has 0 saturated heterocycles. The summed E-state index contributed by atoms with van der Waals surface area (Å²) >= 11 is 0. The van der Waals surface area contributed by atoms with Crippen LogP contribution in [-0.2, 0) is 31.1 Å². The molecule has 8 rings (SSSR count). The van der Waals surface area contributed by atoms with Crippen molar-refractivity contribution in [2.24, 2.45) is 12.2 Å². The summed E-state index contributed by atoms with van der Waals surface area (Å²) < 4.78 is 4.19. The Labute approximate surface area is 351 Å². The number of nitrogens with zero attached hydrogens (tertiary/aromatic N) is 4. The van der Waals surface area contributed by atoms with Crippen LogP contribution in [0.4, 0.5) is 0 Å². The van der Waals surface area contributed by atoms with Gasteiger partial charge in [-0.2, -0.15) is 5.06 Å². The predicted molar refractivity (Wildman–Crippen MR) is 236 cm³/mol. The molecule has 1 amide bonds. The summed E-state index contributed by atoms with van der Waals surface area (Å²) in [5.74, 6) is -1.89. The first-order valence-corrected chi connectivity index (χ1v) is 19.8. The van der Waals surface area contributed by atoms with Gasteiger partial charge in [-0.3, -0.25) is 19.2 Å². The number of ketones is 2. The highest BCUT2D eigenvalue weighted by Crippen LogP contribution is 2.35. The largest absolute Gasteiger partial charge is 0.344 e. The molecule has 2 heterocycles. The van der Waals surface area contributed by atoms with Gasteiger partial charge in [0.25, 0.3) is 5.91 Å². The third kappa shape index (κ3) is 7.57. The third-order valence-electron chi connectivity index (χ3n) is 11.0. The van der Waals surface area contributed by atoms with E-state index in [1.807, 2.05) is 141 Å². The molecule has 0 fully saturated rings. The van der Waals surface area contributed by atoms with Crippen LogP contribution < -0.4 is 0 Å². The molecule has 61 heavy (non-hydrogen) atoms. The van der Waals surface area contributed by atoms with E-state index in [1.54, 1.807) is 6.92 Å². The SMILES string of the molecule is CC(=O)O/N=C(\CC(C)N(OC(C)=O)C(C)=O)c1ccc2c(c1)c1ccccc1n2-c1ccc(C(=O)c2ccc3c(c2)c2cc(C(=O)c4ccccc4C)ccc2n3C)cc1. The lowest BCUT2D eigenvalue weighted by Gasteiger charge is -2.26. The summed E-state index contributed by atoms with van der Waals surface area (Å²) in [5.41, 5.74) is 8.82. The Kier molecular flexibility index (Phi) is 10.6. The predicted octanol–water partition coefficient (Wildman–Crippen LogP) is 9.57. The van der Waals surface area contributed by atoms with E-state index in [0.29, 0.717) is 33.5 Å². The first kappa shape index (κ1) is 40.1. The van der Waals surface area contributed by atoms with Crippen LogP contribution in [0.25, 0.3) is 49.3 Å². The minimum atomic E-state index is -0.641. The summed E-state index contributed by atoms with van der Waals surface area (Å²) in [4.78, 5) is 73.8. The Hall–Kier alpha value is -7.66. The second kappa shape index (κ2) is 16.2. The lowest BCUT2D eigenvalue weighted by molar-refractivity contribution is -0.202. The van der Waals surface area contributed by atoms with Gasteiger partial charge in [-0.25, -0.2) is 4.79 Å². The van der Waals surface area contributed by atoms with Crippen LogP contribution in [0.1, 0.15) is 77.1 Å². The first-order chi connectivity index (χ1) is 29.3. The Morgan fingerprint density at radius 3 is 1.79 bits per heavy atom. The van der Waals surface area contributed by atoms with Gasteiger partial charge in [0, 0.05) is 100 Å². The van der Waals surface area contributed by atoms with E-state index in [-0.39, 0.29) is 18.0 Å². The maximum absolute atomic E-state index is 14.1. The number of carbonyl (C=O) groups is 5. The lowest BCUT2D eigenvalue weighted by atomic mass is 9.97. The summed E-state index contributed by atoms with van der Waals surface area (Å²) in [6, 6.07) is 39.6. The Morgan fingerprint density at radius 2 is 1.15 bits per heavy atom. The molecule has 0 radical (unpaired) electrons. The molecular formula is C50H42N4O7. The fourth-order valence-corrected chi connectivity index (χ4v) is 8.14. The Bertz CT molecular complexity index is 3140. The number of fused-ring (bicyclic) bond motifs is 6. The van der Waals surface area contributed by atoms with Gasteiger partial charge in [0.2, 0.25) is 0 Å². The number of hydroxylamine groups is 2. The molecule has 0 aliphatic heterocycles. The number of carbonyl (C=O) groups excluding carboxylic acids is 5. The summed E-state index contributed by atoms with van der Waals surface area (Å²) in [6.45, 7) is 7.40. The molecule has 6 aromatic carbocycles. The van der Waals surface area contributed by atoms with E-state index in [4.69, 9.17) is 9.68 Å². The molecule has 0 aliphatic rings. The molecular weight excluding hydrogens is 769 g/mol. The van der Waals surface area contributed by atoms with Crippen LogP contribution in [0.15, 0.2) is 133 Å². The quantitative estimate of drug-likeness (QED) is 0.0582. The van der Waals surface area contributed by atoms with Crippen molar-refractivity contribution in [2.75, 3.05) is 0 Å². The van der Waals surface area contributed by atoms with Gasteiger partial charge in [-0.15, -0.1) is 0 Å². The van der Waals surface area contributed by atoms with Crippen molar-refractivity contribution >= 4 is 78.7 Å². The van der Waals surface area contributed by atoms with Crippen molar-refractivity contribution in [3.8, 4) is 5.69 Å². The number of aromatic nitrogens is 2. The van der Waals surface area contributed by atoms with Gasteiger partial charge in [0.15, 0.2) is 11.6 Å². The second-order valence-electron chi connectivity index (χ2n) is 15.2. The highest BCUT2D eigenvalue weighted by molar-refractivity contribution is 6.18. The van der Waals surface area contributed by atoms with E-state index < -0.39 is 23.9 Å². The molecule has 0 bridgehead atoms. The van der Waals surface area contributed by atoms with Gasteiger partial charge in [-0.1, -0.05) is 53.7 Å². The van der Waals surface area contributed by atoms with Crippen molar-refractivity contribution in [1.82, 2.24) is 14.2 Å². The average Bonchev–Trinajstić information content (AvgIpc) is 3.74. The normalized spacial score (nSPS) is 12.2. The highest BCUT2D eigenvalue weighted by Gasteiger charge is 2.25. The highest BCUT2D eigenvalue weighted by atomic mass is 16.7. The molecule has 11 heteroatoms. The molecule has 0 saturated carbocycles. The van der Waals surface area contributed by atoms with Crippen LogP contribution in [0, 0.1) is 6.92 Å². The fraction of sp³-hybridized carbons (Fsp3) is 0.160. The van der Waals surface area contributed by atoms with Crippen molar-refractivity contribution in [3.63, 3.8) is 0 Å². The van der Waals surface area contributed by atoms with Crippen LogP contribution >= 0.6 is 0 Å². The zero-order chi connectivity index (χ0) is 43.1. The number of rotatable bonds is 10. The third-order valence-corrected chi connectivity index (χ3v) is 11.0. The smallest absolute Gasteiger partial charge is 0.331 e. The molecule has 0 N–H and O–H groups in total. The van der Waals surface area contributed by atoms with Crippen LogP contribution in [0.3, 0.4) is 0 Å². The van der Waals surface area contributed by atoms with Crippen molar-refractivity contribution in [3.05, 3.63) is 161 Å². The number of aryl methyl sites for hydroxylation is 2. The molecule has 0 aliphatic carbocycles. The molecule has 1 atom stereocenters. The van der Waals surface area contributed by atoms with E-state index in [2.05, 4.69) is 14.3 Å². The number of oxime groups is 1. The molecule has 11 nitrogen and oxygen atoms in total. The van der Waals surface area contributed by atoms with Gasteiger partial charge in [0.1, 0.15) is 0 Å². The van der Waals surface area contributed by atoms with Gasteiger partial charge in [-0.05, 0) is 98.3 Å². The molecule has 304 valence electrons. The number of amides is 1. The number of hydrogen-bond donors (Lipinski definition) is 0. The van der Waals surface area contributed by atoms with E-state index >= 15 is 0 Å². The molecule has 1 unspecified atom stereocenters. The average molecular weight is 811 g/mol. The fourth-order valence-electron chi connectivity index (χ4n) is 8.14. The van der Waals surface area contributed by atoms with Gasteiger partial charge < -0.3 is 18.8 Å². The molecule has 0 spiro atoms. The second-order valence-corrected chi connectivity index (χ2v) is 15.2. The maximum atomic E-state index is 14.1. The van der Waals surface area contributed by atoms with Crippen molar-refractivity contribution in [2.45, 2.75) is 47.1 Å². The molecule has 8 aromatic rings. The Morgan fingerprint density at radius 1 is 0.607 bits per heavy atom. The summed E-state index contributed by atoms with van der Waals surface area (Å²) in [6.07, 6.45) is 0.113. The molecule has 2 aromatic heterocycles. The van der Waals surface area contributed by atoms with Crippen molar-refractivity contribution in [1.29, 1.82) is 0 Å². The number of hydrogen-bond acceptors (Lipinski definition) is 8. The van der Waals surface area contributed by atoms with Crippen LogP contribution in [-0.4, -0.2) is 55.4 Å². The van der Waals surface area contributed by atoms with Gasteiger partial charge in [0.05, 0.1) is 22.8 Å². The first-order valence-electron chi connectivity index (χ1n) is 19.8. The van der Waals surface area contributed by atoms with E-state index in [0.717, 1.165) is 59.9 Å². The topological polar surface area (TPSA) is 129 Å². The van der Waals surface area contributed by atoms with Gasteiger partial charge >= 0.3 is 11.9 Å². The summed E-state index contributed by atoms with van der Waals surface area (Å²) in [5, 5.41) is 8.77. The minimum Gasteiger partial charge on any atom is -0.344 e. The van der Waals surface area contributed by atoms with E-state index in [1.165, 1.54) is 20.8 Å². The zero-order valence-corrected chi connectivity index (χ0v) is 34.6. The monoisotopic (exact) mass is 810 g/mol. The Balaban J connectivity index is 1.13. The number of benzene rings is 6. The summed E-state index contributed by atoms with van der Waals surface area (Å²) in [7, 11) is 1.98. The number of para-hydroxylation sites is 1. The lowest BCUT2D eigenvalue weighted by Crippen LogP contribution is -2.39.